The number of aromatic nitrogens is 1. The molecule has 1 aliphatic rings. The summed E-state index contributed by atoms with van der Waals surface area (Å²) in [5, 5.41) is 11.2. The Labute approximate surface area is 180 Å². The van der Waals surface area contributed by atoms with E-state index in [-0.39, 0.29) is 22.8 Å². The summed E-state index contributed by atoms with van der Waals surface area (Å²) < 4.78 is 6.60. The van der Waals surface area contributed by atoms with Gasteiger partial charge in [-0.2, -0.15) is 0 Å². The molecular weight excluding hydrogens is 390 g/mol. The van der Waals surface area contributed by atoms with Gasteiger partial charge < -0.3 is 9.84 Å². The monoisotopic (exact) mass is 413 g/mol. The predicted molar refractivity (Wildman–Crippen MR) is 121 cm³/mol. The maximum Gasteiger partial charge on any atom is 0.340 e. The molecular formula is C26H23NO4. The molecule has 4 rings (SSSR count). The Bertz CT molecular complexity index is 1240. The molecule has 0 radical (unpaired) electrons. The minimum atomic E-state index is -0.573. The van der Waals surface area contributed by atoms with Crippen LogP contribution in [-0.2, 0) is 16.0 Å². The zero-order valence-electron chi connectivity index (χ0n) is 17.7. The van der Waals surface area contributed by atoms with Gasteiger partial charge in [-0.25, -0.2) is 4.79 Å². The number of hydrogen-bond donors (Lipinski definition) is 1. The Morgan fingerprint density at radius 2 is 1.81 bits per heavy atom. The van der Waals surface area contributed by atoms with Crippen LogP contribution in [0.1, 0.15) is 45.2 Å². The second-order valence-electron chi connectivity index (χ2n) is 7.39. The predicted octanol–water partition coefficient (Wildman–Crippen LogP) is 4.98. The molecule has 0 amide bonds. The van der Waals surface area contributed by atoms with E-state index in [1.54, 1.807) is 23.6 Å². The number of carbonyl (C=O) groups excluding carboxylic acids is 2. The van der Waals surface area contributed by atoms with Crippen molar-refractivity contribution in [3.8, 4) is 11.6 Å². The van der Waals surface area contributed by atoms with Crippen molar-refractivity contribution in [2.45, 2.75) is 20.3 Å². The average molecular weight is 413 g/mol. The molecule has 0 saturated carbocycles. The van der Waals surface area contributed by atoms with Gasteiger partial charge in [0.25, 0.3) is 0 Å². The quantitative estimate of drug-likeness (QED) is 0.484. The highest BCUT2D eigenvalue weighted by Gasteiger charge is 2.27. The fourth-order valence-electron chi connectivity index (χ4n) is 3.96. The van der Waals surface area contributed by atoms with Crippen molar-refractivity contribution in [3.63, 3.8) is 0 Å². The van der Waals surface area contributed by atoms with Crippen molar-refractivity contribution in [1.82, 2.24) is 4.57 Å². The molecule has 31 heavy (non-hydrogen) atoms. The normalized spacial score (nSPS) is 14.0. The number of fused-ring (bicyclic) bond motifs is 1. The largest absolute Gasteiger partial charge is 0.494 e. The van der Waals surface area contributed by atoms with Crippen LogP contribution in [0, 0.1) is 6.92 Å². The van der Waals surface area contributed by atoms with Crippen molar-refractivity contribution >= 4 is 29.5 Å². The Hall–Kier alpha value is -3.86. The number of hydrogen-bond acceptors (Lipinski definition) is 4. The van der Waals surface area contributed by atoms with Gasteiger partial charge in [-0.3, -0.25) is 9.36 Å². The van der Waals surface area contributed by atoms with Gasteiger partial charge in [-0.1, -0.05) is 49.4 Å². The molecule has 0 bridgehead atoms. The number of ether oxygens (including phenoxy) is 1. The number of esters is 1. The Kier molecular flexibility index (Phi) is 5.34. The molecule has 0 unspecified atom stereocenters. The van der Waals surface area contributed by atoms with Gasteiger partial charge in [0.1, 0.15) is 0 Å². The van der Waals surface area contributed by atoms with Gasteiger partial charge in [0.2, 0.25) is 5.88 Å². The van der Waals surface area contributed by atoms with Crippen LogP contribution in [0.15, 0.2) is 54.6 Å². The van der Waals surface area contributed by atoms with Gasteiger partial charge in [-0.15, -0.1) is 0 Å². The van der Waals surface area contributed by atoms with Crippen LogP contribution in [0.5, 0.6) is 5.88 Å². The number of aryl methyl sites for hydroxylation is 1. The van der Waals surface area contributed by atoms with Crippen LogP contribution in [0.2, 0.25) is 0 Å². The summed E-state index contributed by atoms with van der Waals surface area (Å²) in [5.41, 5.74) is 4.98. The van der Waals surface area contributed by atoms with E-state index in [0.717, 1.165) is 23.2 Å². The van der Waals surface area contributed by atoms with Crippen molar-refractivity contribution in [1.29, 1.82) is 0 Å². The number of benzene rings is 2. The summed E-state index contributed by atoms with van der Waals surface area (Å²) in [6.07, 6.45) is 5.74. The van der Waals surface area contributed by atoms with Crippen molar-refractivity contribution in [2.24, 2.45) is 0 Å². The zero-order chi connectivity index (χ0) is 22.1. The number of allylic oxidation sites excluding steroid dienone is 2. The van der Waals surface area contributed by atoms with Crippen LogP contribution >= 0.6 is 0 Å². The van der Waals surface area contributed by atoms with Crippen LogP contribution in [0.3, 0.4) is 0 Å². The molecule has 3 aromatic rings. The van der Waals surface area contributed by atoms with E-state index in [9.17, 15) is 14.7 Å². The average Bonchev–Trinajstić information content (AvgIpc) is 3.04. The minimum Gasteiger partial charge on any atom is -0.494 e. The van der Waals surface area contributed by atoms with Crippen LogP contribution < -0.4 is 0 Å². The van der Waals surface area contributed by atoms with E-state index in [0.29, 0.717) is 11.3 Å². The lowest BCUT2D eigenvalue weighted by Gasteiger charge is -2.13. The first-order valence-electron chi connectivity index (χ1n) is 10.1. The number of ketones is 1. The second kappa shape index (κ2) is 8.11. The molecule has 0 saturated heterocycles. The first-order valence-corrected chi connectivity index (χ1v) is 10.1. The van der Waals surface area contributed by atoms with Crippen LogP contribution in [-0.4, -0.2) is 28.5 Å². The van der Waals surface area contributed by atoms with Gasteiger partial charge in [-0.05, 0) is 54.3 Å². The summed E-state index contributed by atoms with van der Waals surface area (Å²) in [7, 11) is 1.30. The van der Waals surface area contributed by atoms with Crippen molar-refractivity contribution < 1.29 is 19.4 Å². The molecule has 1 aromatic heterocycles. The summed E-state index contributed by atoms with van der Waals surface area (Å²) in [4.78, 5) is 25.3. The topological polar surface area (TPSA) is 68.5 Å². The minimum absolute atomic E-state index is 0.116. The molecule has 2 aromatic carbocycles. The van der Waals surface area contributed by atoms with E-state index < -0.39 is 5.97 Å². The molecule has 1 aliphatic carbocycles. The Morgan fingerprint density at radius 3 is 2.48 bits per heavy atom. The first kappa shape index (κ1) is 20.4. The van der Waals surface area contributed by atoms with E-state index in [4.69, 9.17) is 4.74 Å². The lowest BCUT2D eigenvalue weighted by Crippen LogP contribution is -2.07. The maximum absolute atomic E-state index is 12.7. The Morgan fingerprint density at radius 1 is 1.10 bits per heavy atom. The maximum atomic E-state index is 12.7. The van der Waals surface area contributed by atoms with E-state index in [2.05, 4.69) is 6.92 Å². The first-order chi connectivity index (χ1) is 15.0. The molecule has 0 aliphatic heterocycles. The van der Waals surface area contributed by atoms with Crippen LogP contribution in [0.25, 0.3) is 23.4 Å². The van der Waals surface area contributed by atoms with Crippen molar-refractivity contribution in [2.75, 3.05) is 7.11 Å². The third kappa shape index (κ3) is 3.48. The molecule has 156 valence electrons. The fourth-order valence-corrected chi connectivity index (χ4v) is 3.96. The number of carbonyl (C=O) groups is 2. The van der Waals surface area contributed by atoms with E-state index in [1.165, 1.54) is 18.7 Å². The smallest absolute Gasteiger partial charge is 0.340 e. The number of nitrogens with zero attached hydrogens (tertiary/aromatic N) is 1. The number of methoxy groups -OCH3 is 1. The van der Waals surface area contributed by atoms with Gasteiger partial charge in [0.15, 0.2) is 5.78 Å². The van der Waals surface area contributed by atoms with E-state index in [1.807, 2.05) is 48.5 Å². The third-order valence-electron chi connectivity index (χ3n) is 5.63. The molecule has 0 spiro atoms. The van der Waals surface area contributed by atoms with Gasteiger partial charge in [0.05, 0.1) is 18.2 Å². The second-order valence-corrected chi connectivity index (χ2v) is 7.39. The highest BCUT2D eigenvalue weighted by atomic mass is 16.5. The molecule has 0 atom stereocenters. The third-order valence-corrected chi connectivity index (χ3v) is 5.63. The highest BCUT2D eigenvalue weighted by Crippen LogP contribution is 2.37. The zero-order valence-corrected chi connectivity index (χ0v) is 17.7. The standard InChI is InChI=1S/C26H23NO4/c1-4-17-9-12-19(13-10-17)27-16(2)24(26(30)31-3)22(25(27)29)15-21-20-8-6-5-7-18(20)11-14-23(21)28/h5-15,29H,4H2,1-3H3. The number of rotatable bonds is 4. The van der Waals surface area contributed by atoms with Gasteiger partial charge in [0, 0.05) is 17.0 Å². The Balaban J connectivity index is 1.96. The summed E-state index contributed by atoms with van der Waals surface area (Å²) in [5.74, 6) is -0.878. The van der Waals surface area contributed by atoms with Crippen molar-refractivity contribution in [3.05, 3.63) is 88.1 Å². The summed E-state index contributed by atoms with van der Waals surface area (Å²) >= 11 is 0. The van der Waals surface area contributed by atoms with E-state index >= 15 is 0 Å². The summed E-state index contributed by atoms with van der Waals surface area (Å²) in [6, 6.07) is 15.3. The van der Waals surface area contributed by atoms with Crippen LogP contribution in [0.4, 0.5) is 0 Å². The van der Waals surface area contributed by atoms with Gasteiger partial charge >= 0.3 is 5.97 Å². The molecule has 1 heterocycles. The molecule has 1 N–H and O–H groups in total. The SMILES string of the molecule is CCc1ccc(-n2c(C)c(C(=O)OC)c(C=C3C(=O)C=Cc4ccccc43)c2O)cc1. The lowest BCUT2D eigenvalue weighted by atomic mass is 9.90. The molecule has 5 nitrogen and oxygen atoms in total. The highest BCUT2D eigenvalue weighted by molar-refractivity contribution is 6.33. The fraction of sp³-hybridized carbons (Fsp3) is 0.154. The summed E-state index contributed by atoms with van der Waals surface area (Å²) in [6.45, 7) is 3.82. The lowest BCUT2D eigenvalue weighted by molar-refractivity contribution is -0.109. The number of aromatic hydroxyl groups is 1. The molecule has 5 heteroatoms. The molecule has 0 fully saturated rings.